The predicted molar refractivity (Wildman–Crippen MR) is 56.5 cm³/mol. The summed E-state index contributed by atoms with van der Waals surface area (Å²) in [6.07, 6.45) is 4.29. The van der Waals surface area contributed by atoms with Gasteiger partial charge in [0.05, 0.1) is 0 Å². The van der Waals surface area contributed by atoms with Gasteiger partial charge in [-0.05, 0) is 30.4 Å². The molecule has 0 saturated heterocycles. The first-order valence-corrected chi connectivity index (χ1v) is 5.39. The molecule has 2 aliphatic rings. The Balaban J connectivity index is 2.26. The van der Waals surface area contributed by atoms with Gasteiger partial charge < -0.3 is 5.32 Å². The highest BCUT2D eigenvalue weighted by molar-refractivity contribution is 6.29. The van der Waals surface area contributed by atoms with Crippen LogP contribution in [0.4, 0.5) is 0 Å². The summed E-state index contributed by atoms with van der Waals surface area (Å²) >= 11 is 6.05. The summed E-state index contributed by atoms with van der Waals surface area (Å²) < 4.78 is 0. The van der Waals surface area contributed by atoms with Gasteiger partial charge in [0.25, 0.3) is 0 Å². The fraction of sp³-hybridized carbons (Fsp3) is 0.636. The zero-order valence-electron chi connectivity index (χ0n) is 8.23. The van der Waals surface area contributed by atoms with E-state index in [2.05, 4.69) is 25.2 Å². The normalized spacial score (nSPS) is 27.4. The van der Waals surface area contributed by atoms with Gasteiger partial charge in [0.1, 0.15) is 0 Å². The molecule has 1 unspecified atom stereocenters. The predicted octanol–water partition coefficient (Wildman–Crippen LogP) is 3.03. The van der Waals surface area contributed by atoms with Crippen LogP contribution >= 0.6 is 11.6 Å². The van der Waals surface area contributed by atoms with Crippen molar-refractivity contribution >= 4 is 11.6 Å². The Morgan fingerprint density at radius 2 is 2.23 bits per heavy atom. The van der Waals surface area contributed by atoms with E-state index < -0.39 is 0 Å². The summed E-state index contributed by atoms with van der Waals surface area (Å²) in [5.74, 6) is 1.38. The van der Waals surface area contributed by atoms with E-state index in [1.807, 2.05) is 0 Å². The maximum absolute atomic E-state index is 6.05. The van der Waals surface area contributed by atoms with Crippen molar-refractivity contribution in [2.24, 2.45) is 11.8 Å². The maximum atomic E-state index is 6.05. The summed E-state index contributed by atoms with van der Waals surface area (Å²) in [5.41, 5.74) is 2.90. The van der Waals surface area contributed by atoms with Crippen LogP contribution in [0, 0.1) is 11.8 Å². The van der Waals surface area contributed by atoms with Crippen LogP contribution in [0.5, 0.6) is 0 Å². The molecule has 13 heavy (non-hydrogen) atoms. The highest BCUT2D eigenvalue weighted by Crippen LogP contribution is 2.35. The molecular weight excluding hydrogens is 182 g/mol. The Labute approximate surface area is 84.9 Å². The van der Waals surface area contributed by atoms with E-state index in [0.717, 1.165) is 24.4 Å². The van der Waals surface area contributed by atoms with Crippen molar-refractivity contribution in [1.82, 2.24) is 5.32 Å². The van der Waals surface area contributed by atoms with E-state index in [-0.39, 0.29) is 0 Å². The lowest BCUT2D eigenvalue weighted by Gasteiger charge is -2.17. The van der Waals surface area contributed by atoms with Gasteiger partial charge in [-0.1, -0.05) is 25.4 Å². The Kier molecular flexibility index (Phi) is 2.37. The Bertz CT molecular complexity index is 276. The second kappa shape index (κ2) is 3.38. The van der Waals surface area contributed by atoms with Crippen molar-refractivity contribution in [2.45, 2.75) is 26.7 Å². The number of allylic oxidation sites excluding steroid dienone is 3. The minimum absolute atomic E-state index is 0.670. The first-order valence-electron chi connectivity index (χ1n) is 5.01. The first-order chi connectivity index (χ1) is 6.18. The van der Waals surface area contributed by atoms with Crippen molar-refractivity contribution in [3.8, 4) is 0 Å². The van der Waals surface area contributed by atoms with Gasteiger partial charge >= 0.3 is 0 Å². The molecule has 2 rings (SSSR count). The standard InChI is InChI=1S/C11H16ClN/c1-7(2)10-6-13-11-4-3-8(12)5-9(10)11/h5,7,10,13H,3-4,6H2,1-2H3. The molecular formula is C11H16ClN. The van der Waals surface area contributed by atoms with Crippen molar-refractivity contribution in [3.05, 3.63) is 22.4 Å². The van der Waals surface area contributed by atoms with Crippen molar-refractivity contribution in [2.75, 3.05) is 6.54 Å². The molecule has 1 aliphatic carbocycles. The van der Waals surface area contributed by atoms with E-state index in [0.29, 0.717) is 11.8 Å². The quantitative estimate of drug-likeness (QED) is 0.682. The lowest BCUT2D eigenvalue weighted by Crippen LogP contribution is -2.16. The third-order valence-electron chi connectivity index (χ3n) is 3.01. The molecule has 1 nitrogen and oxygen atoms in total. The number of nitrogens with one attached hydrogen (secondary N) is 1. The van der Waals surface area contributed by atoms with Gasteiger partial charge in [-0.15, -0.1) is 0 Å². The Hall–Kier alpha value is -0.430. The number of hydrogen-bond donors (Lipinski definition) is 1. The monoisotopic (exact) mass is 197 g/mol. The summed E-state index contributed by atoms with van der Waals surface area (Å²) in [7, 11) is 0. The molecule has 1 aliphatic heterocycles. The molecule has 2 heteroatoms. The van der Waals surface area contributed by atoms with Crippen LogP contribution in [0.15, 0.2) is 22.4 Å². The lowest BCUT2D eigenvalue weighted by atomic mass is 9.87. The highest BCUT2D eigenvalue weighted by atomic mass is 35.5. The fourth-order valence-electron chi connectivity index (χ4n) is 2.18. The first kappa shape index (κ1) is 9.14. The second-order valence-electron chi connectivity index (χ2n) is 4.26. The smallest absolute Gasteiger partial charge is 0.0216 e. The Morgan fingerprint density at radius 3 is 2.92 bits per heavy atom. The van der Waals surface area contributed by atoms with Gasteiger partial charge in [-0.2, -0.15) is 0 Å². The summed E-state index contributed by atoms with van der Waals surface area (Å²) in [5, 5.41) is 4.51. The van der Waals surface area contributed by atoms with Crippen LogP contribution < -0.4 is 5.32 Å². The molecule has 0 amide bonds. The largest absolute Gasteiger partial charge is 0.387 e. The number of hydrogen-bond acceptors (Lipinski definition) is 1. The van der Waals surface area contributed by atoms with Crippen molar-refractivity contribution < 1.29 is 0 Å². The van der Waals surface area contributed by atoms with Gasteiger partial charge in [0, 0.05) is 23.2 Å². The minimum atomic E-state index is 0.670. The van der Waals surface area contributed by atoms with E-state index in [1.165, 1.54) is 11.3 Å². The average molecular weight is 198 g/mol. The molecule has 0 radical (unpaired) electrons. The van der Waals surface area contributed by atoms with E-state index in [4.69, 9.17) is 11.6 Å². The topological polar surface area (TPSA) is 12.0 Å². The summed E-state index contributed by atoms with van der Waals surface area (Å²) in [6.45, 7) is 5.65. The van der Waals surface area contributed by atoms with Gasteiger partial charge in [-0.3, -0.25) is 0 Å². The van der Waals surface area contributed by atoms with Crippen LogP contribution in [0.25, 0.3) is 0 Å². The molecule has 0 aromatic rings. The molecule has 0 aromatic carbocycles. The summed E-state index contributed by atoms with van der Waals surface area (Å²) in [4.78, 5) is 0. The second-order valence-corrected chi connectivity index (χ2v) is 4.74. The van der Waals surface area contributed by atoms with Crippen LogP contribution in [0.2, 0.25) is 0 Å². The van der Waals surface area contributed by atoms with Crippen molar-refractivity contribution in [3.63, 3.8) is 0 Å². The van der Waals surface area contributed by atoms with Crippen LogP contribution in [0.1, 0.15) is 26.7 Å². The fourth-order valence-corrected chi connectivity index (χ4v) is 2.39. The van der Waals surface area contributed by atoms with Gasteiger partial charge in [-0.25, -0.2) is 0 Å². The summed E-state index contributed by atoms with van der Waals surface area (Å²) in [6, 6.07) is 0. The molecule has 0 spiro atoms. The molecule has 1 heterocycles. The Morgan fingerprint density at radius 1 is 1.46 bits per heavy atom. The third-order valence-corrected chi connectivity index (χ3v) is 3.31. The molecule has 0 fully saturated rings. The van der Waals surface area contributed by atoms with E-state index in [1.54, 1.807) is 0 Å². The van der Waals surface area contributed by atoms with E-state index in [9.17, 15) is 0 Å². The molecule has 0 bridgehead atoms. The number of halogens is 1. The van der Waals surface area contributed by atoms with Crippen LogP contribution in [0.3, 0.4) is 0 Å². The average Bonchev–Trinajstić information content (AvgIpc) is 2.46. The van der Waals surface area contributed by atoms with Crippen LogP contribution in [-0.2, 0) is 0 Å². The van der Waals surface area contributed by atoms with Gasteiger partial charge in [0.2, 0.25) is 0 Å². The van der Waals surface area contributed by atoms with E-state index >= 15 is 0 Å². The minimum Gasteiger partial charge on any atom is -0.387 e. The molecule has 0 saturated carbocycles. The number of rotatable bonds is 1. The third kappa shape index (κ3) is 1.62. The van der Waals surface area contributed by atoms with Crippen LogP contribution in [-0.4, -0.2) is 6.54 Å². The molecule has 1 N–H and O–H groups in total. The lowest BCUT2D eigenvalue weighted by molar-refractivity contribution is 0.464. The SMILES string of the molecule is CC(C)C1CNC2=C1C=C(Cl)CC2. The molecule has 0 aromatic heterocycles. The van der Waals surface area contributed by atoms with Gasteiger partial charge in [0.15, 0.2) is 0 Å². The van der Waals surface area contributed by atoms with Crippen molar-refractivity contribution in [1.29, 1.82) is 0 Å². The molecule has 72 valence electrons. The molecule has 1 atom stereocenters. The highest BCUT2D eigenvalue weighted by Gasteiger charge is 2.28. The zero-order chi connectivity index (χ0) is 9.42. The maximum Gasteiger partial charge on any atom is 0.0216 e. The zero-order valence-corrected chi connectivity index (χ0v) is 8.99.